The summed E-state index contributed by atoms with van der Waals surface area (Å²) >= 11 is 6.08. The summed E-state index contributed by atoms with van der Waals surface area (Å²) in [6, 6.07) is 8.70. The van der Waals surface area contributed by atoms with Crippen molar-refractivity contribution in [3.05, 3.63) is 34.9 Å². The van der Waals surface area contributed by atoms with Crippen LogP contribution in [0.25, 0.3) is 0 Å². The van der Waals surface area contributed by atoms with Crippen LogP contribution in [-0.4, -0.2) is 30.0 Å². The number of benzene rings is 1. The van der Waals surface area contributed by atoms with Gasteiger partial charge in [-0.05, 0) is 56.5 Å². The number of nitrogens with zero attached hydrogens (tertiary/aromatic N) is 1. The first kappa shape index (κ1) is 17.8. The van der Waals surface area contributed by atoms with E-state index in [1.807, 2.05) is 0 Å². The topological polar surface area (TPSA) is 34.7 Å². The molecule has 2 aliphatic rings. The van der Waals surface area contributed by atoms with Crippen LogP contribution in [0.2, 0.25) is 5.02 Å². The predicted octanol–water partition coefficient (Wildman–Crippen LogP) is 4.59. The fraction of sp³-hybridized carbons (Fsp3) is 0.684. The summed E-state index contributed by atoms with van der Waals surface area (Å²) in [5.74, 6) is 0. The summed E-state index contributed by atoms with van der Waals surface area (Å²) in [6.45, 7) is 3.86. The normalized spacial score (nSPS) is 22.6. The fourth-order valence-electron chi connectivity index (χ4n) is 4.29. The highest BCUT2D eigenvalue weighted by atomic mass is 35.5. The number of hydrogen-bond acceptors (Lipinski definition) is 1. The summed E-state index contributed by atoms with van der Waals surface area (Å²) in [6.07, 6.45) is 12.5. The van der Waals surface area contributed by atoms with Gasteiger partial charge in [0.1, 0.15) is 0 Å². The second-order valence-electron chi connectivity index (χ2n) is 7.04. The molecule has 0 bridgehead atoms. The van der Waals surface area contributed by atoms with E-state index < -0.39 is 0 Å². The van der Waals surface area contributed by atoms with Crippen molar-refractivity contribution >= 4 is 11.6 Å². The van der Waals surface area contributed by atoms with Crippen molar-refractivity contribution in [1.82, 2.24) is 4.90 Å². The highest BCUT2D eigenvalue weighted by Crippen LogP contribution is 2.42. The summed E-state index contributed by atoms with van der Waals surface area (Å²) in [4.78, 5) is 2.75. The van der Waals surface area contributed by atoms with Crippen molar-refractivity contribution in [2.24, 2.45) is 0 Å². The van der Waals surface area contributed by atoms with E-state index in [1.165, 1.54) is 83.0 Å². The van der Waals surface area contributed by atoms with Crippen LogP contribution >= 0.6 is 11.6 Å². The van der Waals surface area contributed by atoms with Gasteiger partial charge >= 0.3 is 0 Å². The number of rotatable bonds is 3. The Morgan fingerprint density at radius 1 is 0.818 bits per heavy atom. The Balaban J connectivity index is 0.00000176. The van der Waals surface area contributed by atoms with Gasteiger partial charge in [0.25, 0.3) is 0 Å². The van der Waals surface area contributed by atoms with Gasteiger partial charge in [-0.1, -0.05) is 55.8 Å². The van der Waals surface area contributed by atoms with Gasteiger partial charge in [0.15, 0.2) is 0 Å². The lowest BCUT2D eigenvalue weighted by molar-refractivity contribution is 0.190. The second kappa shape index (κ2) is 8.33. The Hall–Kier alpha value is -0.570. The molecule has 1 aromatic rings. The molecule has 2 nitrogen and oxygen atoms in total. The van der Waals surface area contributed by atoms with Crippen LogP contribution < -0.4 is 0 Å². The van der Waals surface area contributed by atoms with Crippen LogP contribution in [0, 0.1) is 0 Å². The van der Waals surface area contributed by atoms with E-state index in [2.05, 4.69) is 29.2 Å². The Morgan fingerprint density at radius 3 is 1.95 bits per heavy atom. The molecular weight excluding hydrogens is 294 g/mol. The maximum atomic E-state index is 6.08. The van der Waals surface area contributed by atoms with E-state index in [9.17, 15) is 0 Å². The standard InChI is InChI=1S/C19H28ClN.H2O/c20-18-10-8-17(9-11-18)19(12-4-5-13-19)16-21-14-6-2-1-3-7-15-21;/h8-11H,1-7,12-16H2;1H2. The Kier molecular flexibility index (Phi) is 6.73. The second-order valence-corrected chi connectivity index (χ2v) is 7.47. The molecule has 3 rings (SSSR count). The van der Waals surface area contributed by atoms with Crippen LogP contribution in [0.4, 0.5) is 0 Å². The third-order valence-corrected chi connectivity index (χ3v) is 5.74. The van der Waals surface area contributed by atoms with E-state index in [0.29, 0.717) is 5.41 Å². The number of likely N-dealkylation sites (tertiary alicyclic amines) is 1. The SMILES string of the molecule is Clc1ccc(C2(CN3CCCCCCC3)CCCC2)cc1.O. The smallest absolute Gasteiger partial charge is 0.0406 e. The van der Waals surface area contributed by atoms with Crippen LogP contribution in [0.5, 0.6) is 0 Å². The summed E-state index contributed by atoms with van der Waals surface area (Å²) in [5.41, 5.74) is 1.91. The fourth-order valence-corrected chi connectivity index (χ4v) is 4.42. The van der Waals surface area contributed by atoms with Crippen molar-refractivity contribution in [2.75, 3.05) is 19.6 Å². The van der Waals surface area contributed by atoms with Gasteiger partial charge in [-0.3, -0.25) is 0 Å². The molecular formula is C19H30ClNO. The molecule has 0 radical (unpaired) electrons. The average Bonchev–Trinajstić information content (AvgIpc) is 2.92. The zero-order chi connectivity index (χ0) is 14.5. The third-order valence-electron chi connectivity index (χ3n) is 5.49. The van der Waals surface area contributed by atoms with E-state index >= 15 is 0 Å². The van der Waals surface area contributed by atoms with Crippen LogP contribution in [0.3, 0.4) is 0 Å². The van der Waals surface area contributed by atoms with Gasteiger partial charge in [0.2, 0.25) is 0 Å². The first-order chi connectivity index (χ1) is 10.3. The Labute approximate surface area is 140 Å². The summed E-state index contributed by atoms with van der Waals surface area (Å²) in [7, 11) is 0. The van der Waals surface area contributed by atoms with E-state index in [4.69, 9.17) is 11.6 Å². The number of hydrogen-bond donors (Lipinski definition) is 0. The first-order valence-electron chi connectivity index (χ1n) is 8.77. The van der Waals surface area contributed by atoms with Crippen LogP contribution in [-0.2, 0) is 5.41 Å². The summed E-state index contributed by atoms with van der Waals surface area (Å²) < 4.78 is 0. The van der Waals surface area contributed by atoms with Crippen molar-refractivity contribution < 1.29 is 5.48 Å². The maximum Gasteiger partial charge on any atom is 0.0406 e. The molecule has 1 aromatic carbocycles. The molecule has 1 aliphatic heterocycles. The molecule has 2 fully saturated rings. The minimum absolute atomic E-state index is 0. The first-order valence-corrected chi connectivity index (χ1v) is 9.15. The molecule has 124 valence electrons. The minimum atomic E-state index is 0. The molecule has 0 spiro atoms. The zero-order valence-electron chi connectivity index (χ0n) is 13.6. The number of halogens is 1. The van der Waals surface area contributed by atoms with Gasteiger partial charge in [-0.15, -0.1) is 0 Å². The van der Waals surface area contributed by atoms with E-state index in [-0.39, 0.29) is 5.48 Å². The molecule has 2 N–H and O–H groups in total. The largest absolute Gasteiger partial charge is 0.412 e. The molecule has 0 amide bonds. The van der Waals surface area contributed by atoms with Gasteiger partial charge in [0, 0.05) is 17.0 Å². The van der Waals surface area contributed by atoms with Gasteiger partial charge in [-0.2, -0.15) is 0 Å². The molecule has 0 aromatic heterocycles. The van der Waals surface area contributed by atoms with Crippen LogP contribution in [0.15, 0.2) is 24.3 Å². The van der Waals surface area contributed by atoms with Crippen molar-refractivity contribution in [2.45, 2.75) is 63.2 Å². The van der Waals surface area contributed by atoms with E-state index in [0.717, 1.165) is 5.02 Å². The van der Waals surface area contributed by atoms with Crippen molar-refractivity contribution in [1.29, 1.82) is 0 Å². The Bertz CT molecular complexity index is 431. The minimum Gasteiger partial charge on any atom is -0.412 e. The quantitative estimate of drug-likeness (QED) is 0.801. The molecule has 0 unspecified atom stereocenters. The molecule has 1 saturated carbocycles. The predicted molar refractivity (Wildman–Crippen MR) is 94.7 cm³/mol. The lowest BCUT2D eigenvalue weighted by Gasteiger charge is -2.37. The van der Waals surface area contributed by atoms with Gasteiger partial charge < -0.3 is 10.4 Å². The summed E-state index contributed by atoms with van der Waals surface area (Å²) in [5, 5.41) is 0.859. The molecule has 0 atom stereocenters. The lowest BCUT2D eigenvalue weighted by Crippen LogP contribution is -2.40. The highest BCUT2D eigenvalue weighted by molar-refractivity contribution is 6.30. The Morgan fingerprint density at radius 2 is 1.36 bits per heavy atom. The monoisotopic (exact) mass is 323 g/mol. The molecule has 3 heteroatoms. The lowest BCUT2D eigenvalue weighted by atomic mass is 9.78. The third kappa shape index (κ3) is 4.24. The van der Waals surface area contributed by atoms with Crippen LogP contribution in [0.1, 0.15) is 63.4 Å². The average molecular weight is 324 g/mol. The van der Waals surface area contributed by atoms with Gasteiger partial charge in [-0.25, -0.2) is 0 Å². The molecule has 1 aliphatic carbocycles. The maximum absolute atomic E-state index is 6.08. The molecule has 1 heterocycles. The van der Waals surface area contributed by atoms with Crippen molar-refractivity contribution in [3.8, 4) is 0 Å². The van der Waals surface area contributed by atoms with E-state index in [1.54, 1.807) is 0 Å². The highest BCUT2D eigenvalue weighted by Gasteiger charge is 2.37. The molecule has 22 heavy (non-hydrogen) atoms. The van der Waals surface area contributed by atoms with Crippen molar-refractivity contribution in [3.63, 3.8) is 0 Å². The molecule has 1 saturated heterocycles. The van der Waals surface area contributed by atoms with Gasteiger partial charge in [0.05, 0.1) is 0 Å². The zero-order valence-corrected chi connectivity index (χ0v) is 14.4.